The van der Waals surface area contributed by atoms with Crippen LogP contribution in [0.25, 0.3) is 33.8 Å². The number of likely N-dealkylation sites (N-methyl/N-ethyl adjacent to an activating group) is 1. The molecule has 3 aliphatic rings. The number of aliphatic imine (C=N–C) groups is 1. The van der Waals surface area contributed by atoms with Gasteiger partial charge in [0.2, 0.25) is 0 Å². The molecule has 1 unspecified atom stereocenters. The van der Waals surface area contributed by atoms with Crippen molar-refractivity contribution in [1.82, 2.24) is 9.88 Å². The molecular formula is C46H40N4. The van der Waals surface area contributed by atoms with Gasteiger partial charge in [-0.2, -0.15) is 0 Å². The highest BCUT2D eigenvalue weighted by Gasteiger charge is 2.23. The standard InChI is InChI=1S/C46H40N4/c1-5-14-44-45(33-15-9-10-16-33)37-19-11-12-22-43(37)50(44)35-26-27-36(38-29-32(3)24-23-31(2)25-28-41(38)48-4)39(30-35)46(34-17-7-6-8-18-34)49-42-21-13-20-40(42)47/h5-12,14-15,17-30,32,48H,47H2,1-4H3/b14-5-,24-23-,31-25-,38-29?,41-28?,49-46?. The second-order valence-electron chi connectivity index (χ2n) is 12.6. The first kappa shape index (κ1) is 32.2. The van der Waals surface area contributed by atoms with E-state index in [9.17, 15) is 0 Å². The lowest BCUT2D eigenvalue weighted by Crippen LogP contribution is -2.14. The number of fused-ring (bicyclic) bond motifs is 1. The molecule has 50 heavy (non-hydrogen) atoms. The Bertz CT molecular complexity index is 2400. The van der Waals surface area contributed by atoms with Crippen LogP contribution in [0.5, 0.6) is 0 Å². The number of nitrogens with zero attached hydrogens (tertiary/aromatic N) is 2. The third-order valence-corrected chi connectivity index (χ3v) is 9.11. The molecule has 0 fully saturated rings. The van der Waals surface area contributed by atoms with Crippen molar-refractivity contribution in [2.75, 3.05) is 7.05 Å². The maximum absolute atomic E-state index is 6.44. The molecule has 0 radical (unpaired) electrons. The number of benzene rings is 3. The predicted molar refractivity (Wildman–Crippen MR) is 212 cm³/mol. The van der Waals surface area contributed by atoms with Crippen LogP contribution in [0.2, 0.25) is 0 Å². The highest BCUT2D eigenvalue weighted by Crippen LogP contribution is 2.38. The summed E-state index contributed by atoms with van der Waals surface area (Å²) in [6.45, 7) is 6.42. The summed E-state index contributed by atoms with van der Waals surface area (Å²) in [7, 11) is 1.98. The van der Waals surface area contributed by atoms with Gasteiger partial charge >= 0.3 is 0 Å². The smallest absolute Gasteiger partial charge is 0.0949 e. The topological polar surface area (TPSA) is 55.3 Å². The Morgan fingerprint density at radius 2 is 1.80 bits per heavy atom. The third-order valence-electron chi connectivity index (χ3n) is 9.11. The Morgan fingerprint density at radius 1 is 0.980 bits per heavy atom. The molecule has 4 aromatic rings. The highest BCUT2D eigenvalue weighted by molar-refractivity contribution is 6.17. The van der Waals surface area contributed by atoms with Crippen molar-refractivity contribution in [3.63, 3.8) is 0 Å². The molecule has 1 atom stereocenters. The van der Waals surface area contributed by atoms with Crippen molar-refractivity contribution in [1.29, 1.82) is 0 Å². The molecule has 3 aliphatic carbocycles. The van der Waals surface area contributed by atoms with E-state index in [0.29, 0.717) is 11.4 Å². The van der Waals surface area contributed by atoms with E-state index < -0.39 is 0 Å². The molecule has 0 spiro atoms. The van der Waals surface area contributed by atoms with E-state index in [1.165, 1.54) is 11.0 Å². The highest BCUT2D eigenvalue weighted by atomic mass is 15.0. The number of hydrogen-bond donors (Lipinski definition) is 2. The van der Waals surface area contributed by atoms with Crippen molar-refractivity contribution in [3.05, 3.63) is 202 Å². The molecule has 7 rings (SSSR count). The minimum absolute atomic E-state index is 0.186. The molecule has 0 aliphatic heterocycles. The van der Waals surface area contributed by atoms with Gasteiger partial charge in [0.1, 0.15) is 0 Å². The number of aromatic nitrogens is 1. The number of para-hydroxylation sites is 1. The fraction of sp³-hybridized carbons (Fsp3) is 0.109. The van der Waals surface area contributed by atoms with E-state index in [0.717, 1.165) is 61.7 Å². The number of nitrogens with two attached hydrogens (primary N) is 1. The SMILES string of the molecule is C/C=C\c1c(C2=C=CC=C2)c2ccccc2n1-c1ccc(C2=CC(C)/C=C\C(C)=C/C=C2NC)c(C(=NC2=C(N)C=C=C2)c2ccccc2)c1. The van der Waals surface area contributed by atoms with Crippen molar-refractivity contribution < 1.29 is 0 Å². The molecule has 1 aromatic heterocycles. The summed E-state index contributed by atoms with van der Waals surface area (Å²) in [5.74, 6) is 0.186. The van der Waals surface area contributed by atoms with Crippen molar-refractivity contribution >= 4 is 33.8 Å². The minimum atomic E-state index is 0.186. The summed E-state index contributed by atoms with van der Waals surface area (Å²) in [4.78, 5) is 5.30. The van der Waals surface area contributed by atoms with Crippen LogP contribution in [0.3, 0.4) is 0 Å². The quantitative estimate of drug-likeness (QED) is 0.148. The first-order chi connectivity index (χ1) is 24.5. The van der Waals surface area contributed by atoms with Crippen molar-refractivity contribution in [2.45, 2.75) is 20.8 Å². The van der Waals surface area contributed by atoms with Crippen LogP contribution in [0.15, 0.2) is 179 Å². The van der Waals surface area contributed by atoms with Gasteiger partial charge in [-0.1, -0.05) is 104 Å². The van der Waals surface area contributed by atoms with E-state index >= 15 is 0 Å². The fourth-order valence-corrected chi connectivity index (χ4v) is 6.71. The van der Waals surface area contributed by atoms with Crippen LogP contribution < -0.4 is 11.1 Å². The molecule has 3 aromatic carbocycles. The first-order valence-electron chi connectivity index (χ1n) is 17.0. The predicted octanol–water partition coefficient (Wildman–Crippen LogP) is 10.1. The maximum atomic E-state index is 6.44. The first-order valence-corrected chi connectivity index (χ1v) is 17.0. The zero-order valence-electron chi connectivity index (χ0n) is 28.9. The van der Waals surface area contributed by atoms with Crippen molar-refractivity contribution in [2.24, 2.45) is 16.6 Å². The van der Waals surface area contributed by atoms with Crippen LogP contribution in [0.4, 0.5) is 0 Å². The molecule has 0 saturated carbocycles. The van der Waals surface area contributed by atoms with Crippen LogP contribution in [0.1, 0.15) is 48.7 Å². The Labute approximate surface area is 294 Å². The largest absolute Gasteiger partial charge is 0.396 e. The molecule has 1 heterocycles. The summed E-state index contributed by atoms with van der Waals surface area (Å²) >= 11 is 0. The monoisotopic (exact) mass is 648 g/mol. The summed E-state index contributed by atoms with van der Waals surface area (Å²) < 4.78 is 2.36. The molecule has 4 heteroatoms. The Morgan fingerprint density at radius 3 is 2.54 bits per heavy atom. The number of nitrogens with one attached hydrogen (secondary N) is 1. The van der Waals surface area contributed by atoms with Gasteiger partial charge in [0, 0.05) is 63.8 Å². The van der Waals surface area contributed by atoms with Gasteiger partial charge < -0.3 is 15.6 Å². The maximum Gasteiger partial charge on any atom is 0.0949 e. The fourth-order valence-electron chi connectivity index (χ4n) is 6.71. The van der Waals surface area contributed by atoms with Crippen LogP contribution >= 0.6 is 0 Å². The van der Waals surface area contributed by atoms with Crippen LogP contribution in [-0.2, 0) is 0 Å². The summed E-state index contributed by atoms with van der Waals surface area (Å²) in [6, 6.07) is 25.7. The zero-order chi connectivity index (χ0) is 34.6. The molecule has 0 saturated heterocycles. The summed E-state index contributed by atoms with van der Waals surface area (Å²) in [5.41, 5.74) is 27.0. The molecule has 0 amide bonds. The Kier molecular flexibility index (Phi) is 9.06. The Balaban J connectivity index is 1.58. The number of hydrogen-bond acceptors (Lipinski definition) is 3. The van der Waals surface area contributed by atoms with E-state index in [1.807, 2.05) is 31.3 Å². The second kappa shape index (κ2) is 14.0. The molecular weight excluding hydrogens is 609 g/mol. The van der Waals surface area contributed by atoms with Gasteiger partial charge in [-0.25, -0.2) is 4.99 Å². The average Bonchev–Trinajstić information content (AvgIpc) is 3.89. The second-order valence-corrected chi connectivity index (χ2v) is 12.6. The summed E-state index contributed by atoms with van der Waals surface area (Å²) in [6.07, 6.45) is 25.2. The Hall–Kier alpha value is -6.31. The van der Waals surface area contributed by atoms with E-state index in [-0.39, 0.29) is 5.92 Å². The normalized spacial score (nSPS) is 19.0. The minimum Gasteiger partial charge on any atom is -0.396 e. The molecule has 3 N–H and O–H groups in total. The lowest BCUT2D eigenvalue weighted by molar-refractivity contribution is 0.934. The molecule has 0 bridgehead atoms. The number of rotatable bonds is 8. The number of allylic oxidation sites excluding steroid dienone is 13. The van der Waals surface area contributed by atoms with Crippen LogP contribution in [-0.4, -0.2) is 17.3 Å². The molecule has 244 valence electrons. The average molecular weight is 649 g/mol. The van der Waals surface area contributed by atoms with E-state index in [1.54, 1.807) is 6.08 Å². The van der Waals surface area contributed by atoms with E-state index in [4.69, 9.17) is 10.7 Å². The lowest BCUT2D eigenvalue weighted by atomic mass is 9.89. The van der Waals surface area contributed by atoms with Gasteiger partial charge in [0.25, 0.3) is 0 Å². The van der Waals surface area contributed by atoms with Gasteiger partial charge in [0.05, 0.1) is 28.3 Å². The lowest BCUT2D eigenvalue weighted by Gasteiger charge is -2.21. The van der Waals surface area contributed by atoms with Gasteiger partial charge in [-0.15, -0.1) is 11.5 Å². The van der Waals surface area contributed by atoms with E-state index in [2.05, 4.69) is 157 Å². The van der Waals surface area contributed by atoms with Gasteiger partial charge in [-0.3, -0.25) is 0 Å². The summed E-state index contributed by atoms with van der Waals surface area (Å²) in [5, 5.41) is 4.68. The molecule has 4 nitrogen and oxygen atoms in total. The van der Waals surface area contributed by atoms with Crippen molar-refractivity contribution in [3.8, 4) is 5.69 Å². The third kappa shape index (κ3) is 6.18. The zero-order valence-corrected chi connectivity index (χ0v) is 28.9. The van der Waals surface area contributed by atoms with Gasteiger partial charge in [-0.05, 0) is 67.8 Å². The van der Waals surface area contributed by atoms with Gasteiger partial charge in [0.15, 0.2) is 0 Å². The van der Waals surface area contributed by atoms with Crippen LogP contribution in [0, 0.1) is 5.92 Å².